The molecule has 1 unspecified atom stereocenters. The van der Waals surface area contributed by atoms with Crippen LogP contribution >= 0.6 is 0 Å². The predicted molar refractivity (Wildman–Crippen MR) is 74.3 cm³/mol. The summed E-state index contributed by atoms with van der Waals surface area (Å²) in [7, 11) is 1.83. The number of likely N-dealkylation sites (tertiary alicyclic amines) is 1. The summed E-state index contributed by atoms with van der Waals surface area (Å²) >= 11 is 0. The van der Waals surface area contributed by atoms with Gasteiger partial charge in [-0.25, -0.2) is 4.98 Å². The number of nitrogens with zero attached hydrogens (tertiary/aromatic N) is 4. The highest BCUT2D eigenvalue weighted by atomic mass is 16.2. The SMILES string of the molecule is Cc1cnc(C2CCCN2C(=O)c2cn(C)nc2C)[nH]1. The van der Waals surface area contributed by atoms with Crippen LogP contribution in [0.1, 0.15) is 46.5 Å². The van der Waals surface area contributed by atoms with Crippen LogP contribution < -0.4 is 0 Å². The van der Waals surface area contributed by atoms with Crippen molar-refractivity contribution in [2.75, 3.05) is 6.54 Å². The number of aryl methyl sites for hydroxylation is 3. The number of hydrogen-bond acceptors (Lipinski definition) is 3. The lowest BCUT2D eigenvalue weighted by Crippen LogP contribution is -2.31. The van der Waals surface area contributed by atoms with E-state index in [1.54, 1.807) is 10.9 Å². The second-order valence-corrected chi connectivity index (χ2v) is 5.41. The molecule has 1 fully saturated rings. The Labute approximate surface area is 117 Å². The van der Waals surface area contributed by atoms with Crippen molar-refractivity contribution in [1.82, 2.24) is 24.6 Å². The second kappa shape index (κ2) is 4.77. The molecule has 1 aliphatic rings. The van der Waals surface area contributed by atoms with Crippen LogP contribution in [-0.4, -0.2) is 37.1 Å². The number of H-pyrrole nitrogens is 1. The zero-order chi connectivity index (χ0) is 14.3. The molecule has 0 bridgehead atoms. The van der Waals surface area contributed by atoms with Crippen molar-refractivity contribution in [1.29, 1.82) is 0 Å². The van der Waals surface area contributed by atoms with Crippen LogP contribution in [0.3, 0.4) is 0 Å². The second-order valence-electron chi connectivity index (χ2n) is 5.41. The average Bonchev–Trinajstić information content (AvgIpc) is 3.08. The average molecular weight is 273 g/mol. The summed E-state index contributed by atoms with van der Waals surface area (Å²) < 4.78 is 1.69. The molecular weight excluding hydrogens is 254 g/mol. The predicted octanol–water partition coefficient (Wildman–Crippen LogP) is 1.74. The maximum Gasteiger partial charge on any atom is 0.257 e. The number of rotatable bonds is 2. The van der Waals surface area contributed by atoms with E-state index in [-0.39, 0.29) is 11.9 Å². The Morgan fingerprint density at radius 1 is 1.45 bits per heavy atom. The van der Waals surface area contributed by atoms with Crippen molar-refractivity contribution in [3.8, 4) is 0 Å². The van der Waals surface area contributed by atoms with E-state index in [0.717, 1.165) is 36.6 Å². The van der Waals surface area contributed by atoms with Crippen molar-refractivity contribution >= 4 is 5.91 Å². The first-order valence-corrected chi connectivity index (χ1v) is 6.89. The molecular formula is C14H19N5O. The Bertz CT molecular complexity index is 642. The molecule has 0 aromatic carbocycles. The van der Waals surface area contributed by atoms with Gasteiger partial charge in [-0.2, -0.15) is 5.10 Å². The standard InChI is InChI=1S/C14H19N5O/c1-9-7-15-13(16-9)12-5-4-6-19(12)14(20)11-8-18(3)17-10(11)2/h7-8,12H,4-6H2,1-3H3,(H,15,16). The number of aromatic amines is 1. The first kappa shape index (κ1) is 12.9. The lowest BCUT2D eigenvalue weighted by Gasteiger charge is -2.22. The lowest BCUT2D eigenvalue weighted by atomic mass is 10.2. The van der Waals surface area contributed by atoms with Gasteiger partial charge in [-0.3, -0.25) is 9.48 Å². The van der Waals surface area contributed by atoms with E-state index in [2.05, 4.69) is 15.1 Å². The zero-order valence-corrected chi connectivity index (χ0v) is 12.1. The molecule has 1 N–H and O–H groups in total. The monoisotopic (exact) mass is 273 g/mol. The summed E-state index contributed by atoms with van der Waals surface area (Å²) in [5.41, 5.74) is 2.48. The number of hydrogen-bond donors (Lipinski definition) is 1. The van der Waals surface area contributed by atoms with E-state index in [4.69, 9.17) is 0 Å². The molecule has 0 aliphatic carbocycles. The fourth-order valence-corrected chi connectivity index (χ4v) is 2.86. The summed E-state index contributed by atoms with van der Waals surface area (Å²) in [4.78, 5) is 22.2. The van der Waals surface area contributed by atoms with Crippen molar-refractivity contribution in [3.63, 3.8) is 0 Å². The minimum atomic E-state index is 0.0483. The summed E-state index contributed by atoms with van der Waals surface area (Å²) in [5, 5.41) is 4.25. The molecule has 1 aliphatic heterocycles. The highest BCUT2D eigenvalue weighted by molar-refractivity contribution is 5.95. The summed E-state index contributed by atoms with van der Waals surface area (Å²) in [6, 6.07) is 0.0517. The van der Waals surface area contributed by atoms with Crippen LogP contribution in [0.15, 0.2) is 12.4 Å². The van der Waals surface area contributed by atoms with Crippen LogP contribution in [0.25, 0.3) is 0 Å². The minimum Gasteiger partial charge on any atom is -0.344 e. The molecule has 0 spiro atoms. The van der Waals surface area contributed by atoms with Crippen molar-refractivity contribution in [3.05, 3.63) is 35.2 Å². The zero-order valence-electron chi connectivity index (χ0n) is 12.1. The topological polar surface area (TPSA) is 66.8 Å². The molecule has 2 aromatic rings. The summed E-state index contributed by atoms with van der Waals surface area (Å²) in [6.07, 6.45) is 5.57. The van der Waals surface area contributed by atoms with Gasteiger partial charge in [-0.05, 0) is 26.7 Å². The number of amides is 1. The van der Waals surface area contributed by atoms with Crippen molar-refractivity contribution < 1.29 is 4.79 Å². The lowest BCUT2D eigenvalue weighted by molar-refractivity contribution is 0.0729. The molecule has 1 saturated heterocycles. The van der Waals surface area contributed by atoms with Gasteiger partial charge in [0.15, 0.2) is 0 Å². The molecule has 1 atom stereocenters. The third kappa shape index (κ3) is 2.11. The first-order valence-electron chi connectivity index (χ1n) is 6.89. The molecule has 6 nitrogen and oxygen atoms in total. The van der Waals surface area contributed by atoms with Gasteiger partial charge in [0, 0.05) is 31.7 Å². The van der Waals surface area contributed by atoms with Gasteiger partial charge in [0.1, 0.15) is 5.82 Å². The fraction of sp³-hybridized carbons (Fsp3) is 0.500. The molecule has 20 heavy (non-hydrogen) atoms. The van der Waals surface area contributed by atoms with E-state index in [1.165, 1.54) is 0 Å². The van der Waals surface area contributed by atoms with Gasteiger partial charge in [0.2, 0.25) is 0 Å². The molecule has 0 radical (unpaired) electrons. The summed E-state index contributed by atoms with van der Waals surface area (Å²) in [6.45, 7) is 4.62. The van der Waals surface area contributed by atoms with Crippen LogP contribution in [0.4, 0.5) is 0 Å². The Morgan fingerprint density at radius 2 is 2.25 bits per heavy atom. The minimum absolute atomic E-state index is 0.0483. The number of carbonyl (C=O) groups excluding carboxylic acids is 1. The molecule has 2 aromatic heterocycles. The van der Waals surface area contributed by atoms with Gasteiger partial charge in [0.05, 0.1) is 17.3 Å². The summed E-state index contributed by atoms with van der Waals surface area (Å²) in [5.74, 6) is 0.932. The Morgan fingerprint density at radius 3 is 2.85 bits per heavy atom. The maximum absolute atomic E-state index is 12.7. The third-order valence-electron chi connectivity index (χ3n) is 3.80. The molecule has 1 amide bonds. The molecule has 3 rings (SSSR count). The Hall–Kier alpha value is -2.11. The van der Waals surface area contributed by atoms with Gasteiger partial charge < -0.3 is 9.88 Å². The molecule has 0 saturated carbocycles. The van der Waals surface area contributed by atoms with Crippen LogP contribution in [0.2, 0.25) is 0 Å². The van der Waals surface area contributed by atoms with Crippen LogP contribution in [0, 0.1) is 13.8 Å². The number of imidazole rings is 1. The number of carbonyl (C=O) groups is 1. The highest BCUT2D eigenvalue weighted by Crippen LogP contribution is 2.31. The Kier molecular flexibility index (Phi) is 3.08. The third-order valence-corrected chi connectivity index (χ3v) is 3.80. The number of aromatic nitrogens is 4. The van der Waals surface area contributed by atoms with Gasteiger partial charge in [-0.15, -0.1) is 0 Å². The first-order chi connectivity index (χ1) is 9.56. The smallest absolute Gasteiger partial charge is 0.257 e. The fourth-order valence-electron chi connectivity index (χ4n) is 2.86. The van der Waals surface area contributed by atoms with E-state index < -0.39 is 0 Å². The highest BCUT2D eigenvalue weighted by Gasteiger charge is 2.33. The molecule has 106 valence electrons. The van der Waals surface area contributed by atoms with Gasteiger partial charge in [0.25, 0.3) is 5.91 Å². The van der Waals surface area contributed by atoms with Gasteiger partial charge in [-0.1, -0.05) is 0 Å². The van der Waals surface area contributed by atoms with E-state index in [9.17, 15) is 4.79 Å². The van der Waals surface area contributed by atoms with Crippen LogP contribution in [0.5, 0.6) is 0 Å². The quantitative estimate of drug-likeness (QED) is 0.906. The normalized spacial score (nSPS) is 18.8. The van der Waals surface area contributed by atoms with Gasteiger partial charge >= 0.3 is 0 Å². The maximum atomic E-state index is 12.7. The van der Waals surface area contributed by atoms with Crippen LogP contribution in [-0.2, 0) is 7.05 Å². The molecule has 6 heteroatoms. The molecule has 3 heterocycles. The number of nitrogens with one attached hydrogen (secondary N) is 1. The van der Waals surface area contributed by atoms with E-state index in [1.807, 2.05) is 32.0 Å². The Balaban J connectivity index is 1.89. The van der Waals surface area contributed by atoms with E-state index >= 15 is 0 Å². The van der Waals surface area contributed by atoms with Crippen molar-refractivity contribution in [2.45, 2.75) is 32.7 Å². The van der Waals surface area contributed by atoms with E-state index in [0.29, 0.717) is 5.56 Å². The largest absolute Gasteiger partial charge is 0.344 e. The van der Waals surface area contributed by atoms with Crippen molar-refractivity contribution in [2.24, 2.45) is 7.05 Å².